The maximum absolute atomic E-state index is 6.01. The monoisotopic (exact) mass is 184 g/mol. The van der Waals surface area contributed by atoms with Crippen LogP contribution in [0.4, 0.5) is 0 Å². The summed E-state index contributed by atoms with van der Waals surface area (Å²) in [6.45, 7) is 12.5. The molecule has 0 radical (unpaired) electrons. The van der Waals surface area contributed by atoms with Gasteiger partial charge in [0.1, 0.15) is 0 Å². The van der Waals surface area contributed by atoms with E-state index in [9.17, 15) is 0 Å². The quantitative estimate of drug-likeness (QED) is 0.674. The SMILES string of the molecule is CC(C)[C@@H]1C[C@@H](N)CN1C(C)(C)C. The summed E-state index contributed by atoms with van der Waals surface area (Å²) in [5, 5.41) is 0. The number of hydrogen-bond donors (Lipinski definition) is 1. The molecule has 2 N–H and O–H groups in total. The highest BCUT2D eigenvalue weighted by Crippen LogP contribution is 2.29. The van der Waals surface area contributed by atoms with Crippen LogP contribution in [0.5, 0.6) is 0 Å². The Morgan fingerprint density at radius 2 is 1.85 bits per heavy atom. The van der Waals surface area contributed by atoms with Gasteiger partial charge in [0.15, 0.2) is 0 Å². The van der Waals surface area contributed by atoms with Crippen molar-refractivity contribution in [1.29, 1.82) is 0 Å². The fraction of sp³-hybridized carbons (Fsp3) is 1.00. The van der Waals surface area contributed by atoms with E-state index < -0.39 is 0 Å². The van der Waals surface area contributed by atoms with Crippen LogP contribution in [0.15, 0.2) is 0 Å². The molecular weight excluding hydrogens is 160 g/mol. The van der Waals surface area contributed by atoms with E-state index in [4.69, 9.17) is 5.73 Å². The zero-order valence-electron chi connectivity index (χ0n) is 9.67. The minimum atomic E-state index is 0.267. The van der Waals surface area contributed by atoms with Gasteiger partial charge < -0.3 is 5.73 Å². The van der Waals surface area contributed by atoms with Gasteiger partial charge in [-0.25, -0.2) is 0 Å². The lowest BCUT2D eigenvalue weighted by Crippen LogP contribution is -2.47. The summed E-state index contributed by atoms with van der Waals surface area (Å²) in [6.07, 6.45) is 1.16. The Labute approximate surface area is 82.5 Å². The van der Waals surface area contributed by atoms with E-state index in [2.05, 4.69) is 39.5 Å². The van der Waals surface area contributed by atoms with Crippen molar-refractivity contribution in [3.8, 4) is 0 Å². The number of hydrogen-bond acceptors (Lipinski definition) is 2. The number of nitrogens with two attached hydrogens (primary N) is 1. The van der Waals surface area contributed by atoms with Crippen molar-refractivity contribution in [3.05, 3.63) is 0 Å². The van der Waals surface area contributed by atoms with Gasteiger partial charge in [-0.05, 0) is 33.1 Å². The highest BCUT2D eigenvalue weighted by Gasteiger charge is 2.37. The second-order valence-corrected chi connectivity index (χ2v) is 5.63. The summed E-state index contributed by atoms with van der Waals surface area (Å²) in [6, 6.07) is 1.06. The van der Waals surface area contributed by atoms with Crippen LogP contribution >= 0.6 is 0 Å². The van der Waals surface area contributed by atoms with Gasteiger partial charge in [0.2, 0.25) is 0 Å². The predicted octanol–water partition coefficient (Wildman–Crippen LogP) is 1.84. The number of rotatable bonds is 1. The van der Waals surface area contributed by atoms with Crippen molar-refractivity contribution in [2.24, 2.45) is 11.7 Å². The van der Waals surface area contributed by atoms with Crippen LogP contribution < -0.4 is 5.73 Å². The van der Waals surface area contributed by atoms with Crippen LogP contribution in [0.2, 0.25) is 0 Å². The largest absolute Gasteiger partial charge is 0.326 e. The molecule has 2 heteroatoms. The van der Waals surface area contributed by atoms with Gasteiger partial charge in [0.25, 0.3) is 0 Å². The first-order chi connectivity index (χ1) is 5.82. The van der Waals surface area contributed by atoms with Crippen LogP contribution in [-0.4, -0.2) is 29.1 Å². The van der Waals surface area contributed by atoms with Crippen molar-refractivity contribution < 1.29 is 0 Å². The first-order valence-corrected chi connectivity index (χ1v) is 5.34. The van der Waals surface area contributed by atoms with Gasteiger partial charge in [-0.2, -0.15) is 0 Å². The molecule has 0 aromatic carbocycles. The fourth-order valence-corrected chi connectivity index (χ4v) is 2.30. The molecule has 0 aliphatic carbocycles. The minimum absolute atomic E-state index is 0.267. The van der Waals surface area contributed by atoms with Gasteiger partial charge in [-0.3, -0.25) is 4.90 Å². The highest BCUT2D eigenvalue weighted by atomic mass is 15.3. The molecule has 1 rings (SSSR count). The first kappa shape index (κ1) is 11.0. The zero-order valence-corrected chi connectivity index (χ0v) is 9.67. The Morgan fingerprint density at radius 1 is 1.31 bits per heavy atom. The second kappa shape index (κ2) is 3.58. The van der Waals surface area contributed by atoms with E-state index in [0.717, 1.165) is 13.0 Å². The molecule has 0 aromatic rings. The molecule has 78 valence electrons. The predicted molar refractivity (Wildman–Crippen MR) is 57.7 cm³/mol. The molecule has 2 atom stereocenters. The molecule has 0 unspecified atom stereocenters. The molecule has 1 saturated heterocycles. The third-order valence-corrected chi connectivity index (χ3v) is 3.01. The van der Waals surface area contributed by atoms with Crippen molar-refractivity contribution in [2.75, 3.05) is 6.54 Å². The Morgan fingerprint density at radius 3 is 2.15 bits per heavy atom. The molecule has 2 nitrogen and oxygen atoms in total. The molecular formula is C11H24N2. The average molecular weight is 184 g/mol. The highest BCUT2D eigenvalue weighted by molar-refractivity contribution is 4.94. The van der Waals surface area contributed by atoms with Crippen LogP contribution in [0.3, 0.4) is 0 Å². The van der Waals surface area contributed by atoms with E-state index in [-0.39, 0.29) is 5.54 Å². The van der Waals surface area contributed by atoms with Gasteiger partial charge in [-0.15, -0.1) is 0 Å². The minimum Gasteiger partial charge on any atom is -0.326 e. The average Bonchev–Trinajstić information content (AvgIpc) is 2.29. The summed E-state index contributed by atoms with van der Waals surface area (Å²) < 4.78 is 0. The standard InChI is InChI=1S/C11H24N2/c1-8(2)10-6-9(12)7-13(10)11(3,4)5/h8-10H,6-7,12H2,1-5H3/t9-,10+/m1/s1. The summed E-state index contributed by atoms with van der Waals surface area (Å²) in [5.74, 6) is 0.716. The smallest absolute Gasteiger partial charge is 0.0183 e. The van der Waals surface area contributed by atoms with Crippen LogP contribution in [0.1, 0.15) is 41.0 Å². The van der Waals surface area contributed by atoms with Crippen LogP contribution in [0.25, 0.3) is 0 Å². The van der Waals surface area contributed by atoms with E-state index in [1.54, 1.807) is 0 Å². The van der Waals surface area contributed by atoms with E-state index in [1.165, 1.54) is 0 Å². The Bertz CT molecular complexity index is 169. The lowest BCUT2D eigenvalue weighted by Gasteiger charge is -2.38. The summed E-state index contributed by atoms with van der Waals surface area (Å²) in [7, 11) is 0. The Kier molecular flexibility index (Phi) is 3.03. The van der Waals surface area contributed by atoms with E-state index in [1.807, 2.05) is 0 Å². The van der Waals surface area contributed by atoms with Gasteiger partial charge in [-0.1, -0.05) is 13.8 Å². The lowest BCUT2D eigenvalue weighted by atomic mass is 9.97. The molecule has 0 amide bonds. The molecule has 0 spiro atoms. The molecule has 1 aliphatic heterocycles. The van der Waals surface area contributed by atoms with Gasteiger partial charge in [0.05, 0.1) is 0 Å². The molecule has 13 heavy (non-hydrogen) atoms. The van der Waals surface area contributed by atoms with Crippen molar-refractivity contribution in [3.63, 3.8) is 0 Å². The Balaban J connectivity index is 2.72. The maximum atomic E-state index is 6.01. The molecule has 0 saturated carbocycles. The molecule has 0 aromatic heterocycles. The molecule has 1 heterocycles. The summed E-state index contributed by atoms with van der Waals surface area (Å²) in [5.41, 5.74) is 6.28. The van der Waals surface area contributed by atoms with E-state index >= 15 is 0 Å². The van der Waals surface area contributed by atoms with Gasteiger partial charge >= 0.3 is 0 Å². The van der Waals surface area contributed by atoms with E-state index in [0.29, 0.717) is 18.0 Å². The van der Waals surface area contributed by atoms with Crippen LogP contribution in [0, 0.1) is 5.92 Å². The third kappa shape index (κ3) is 2.44. The lowest BCUT2D eigenvalue weighted by molar-refractivity contribution is 0.0951. The van der Waals surface area contributed by atoms with Crippen LogP contribution in [-0.2, 0) is 0 Å². The molecule has 1 aliphatic rings. The second-order valence-electron chi connectivity index (χ2n) is 5.63. The maximum Gasteiger partial charge on any atom is 0.0183 e. The third-order valence-electron chi connectivity index (χ3n) is 3.01. The molecule has 1 fully saturated rings. The van der Waals surface area contributed by atoms with Crippen molar-refractivity contribution in [1.82, 2.24) is 4.90 Å². The summed E-state index contributed by atoms with van der Waals surface area (Å²) >= 11 is 0. The zero-order chi connectivity index (χ0) is 10.2. The van der Waals surface area contributed by atoms with Crippen molar-refractivity contribution >= 4 is 0 Å². The number of likely N-dealkylation sites (tertiary alicyclic amines) is 1. The normalized spacial score (nSPS) is 31.6. The first-order valence-electron chi connectivity index (χ1n) is 5.34. The van der Waals surface area contributed by atoms with Crippen molar-refractivity contribution in [2.45, 2.75) is 58.7 Å². The number of nitrogens with zero attached hydrogens (tertiary/aromatic N) is 1. The Hall–Kier alpha value is -0.0800. The van der Waals surface area contributed by atoms with Gasteiger partial charge in [0, 0.05) is 24.2 Å². The summed E-state index contributed by atoms with van der Waals surface area (Å²) in [4.78, 5) is 2.56. The topological polar surface area (TPSA) is 29.3 Å². The fourth-order valence-electron chi connectivity index (χ4n) is 2.30. The molecule has 0 bridgehead atoms.